The zero-order chi connectivity index (χ0) is 25.4. The van der Waals surface area contributed by atoms with Crippen LogP contribution in [-0.2, 0) is 16.9 Å². The first-order valence-corrected chi connectivity index (χ1v) is 12.5. The predicted molar refractivity (Wildman–Crippen MR) is 120 cm³/mol. The monoisotopic (exact) mass is 512 g/mol. The molecule has 0 saturated carbocycles. The number of benzene rings is 1. The Hall–Kier alpha value is -3.35. The number of imidazole rings is 1. The molecule has 1 amide bonds. The molecule has 1 aliphatic rings. The Labute approximate surface area is 199 Å². The van der Waals surface area contributed by atoms with Gasteiger partial charge in [0.05, 0.1) is 22.5 Å². The minimum atomic E-state index is -4.51. The van der Waals surface area contributed by atoms with Crippen molar-refractivity contribution in [3.05, 3.63) is 42.4 Å². The van der Waals surface area contributed by atoms with Gasteiger partial charge in [0.2, 0.25) is 0 Å². The third kappa shape index (κ3) is 5.84. The number of nitrogens with zero attached hydrogens (tertiary/aromatic N) is 3. The number of alkyl halides is 3. The summed E-state index contributed by atoms with van der Waals surface area (Å²) in [4.78, 5) is 21.3. The summed E-state index contributed by atoms with van der Waals surface area (Å²) in [5.41, 5.74) is 0.370. The molecule has 188 valence electrons. The standard InChI is InChI=1S/C22H23F3N4O5S/c1-21(7-10-35(31,32)11-8-21)28-19(30)18-27-15-12-14(5-6-16(15)29(18)2)34-20-17(4-3-9-26-20)33-13-22(23,24)25/h3-6,9,12H,7-8,10-11,13H2,1-2H3,(H,28,30). The van der Waals surface area contributed by atoms with Crippen molar-refractivity contribution in [3.63, 3.8) is 0 Å². The molecule has 13 heteroatoms. The van der Waals surface area contributed by atoms with E-state index in [0.29, 0.717) is 23.9 Å². The van der Waals surface area contributed by atoms with E-state index < -0.39 is 34.1 Å². The van der Waals surface area contributed by atoms with E-state index >= 15 is 0 Å². The molecule has 0 unspecified atom stereocenters. The van der Waals surface area contributed by atoms with Gasteiger partial charge in [0, 0.05) is 24.8 Å². The fourth-order valence-electron chi connectivity index (χ4n) is 3.72. The van der Waals surface area contributed by atoms with Gasteiger partial charge >= 0.3 is 6.18 Å². The van der Waals surface area contributed by atoms with Gasteiger partial charge in [0.15, 0.2) is 18.2 Å². The lowest BCUT2D eigenvalue weighted by Crippen LogP contribution is -2.51. The van der Waals surface area contributed by atoms with E-state index in [1.807, 2.05) is 0 Å². The second-order valence-corrected chi connectivity index (χ2v) is 10.9. The van der Waals surface area contributed by atoms with Crippen molar-refractivity contribution in [1.29, 1.82) is 0 Å². The lowest BCUT2D eigenvalue weighted by Gasteiger charge is -2.34. The number of halogens is 3. The van der Waals surface area contributed by atoms with Gasteiger partial charge in [0.25, 0.3) is 11.8 Å². The van der Waals surface area contributed by atoms with Crippen LogP contribution in [0.1, 0.15) is 30.4 Å². The molecule has 9 nitrogen and oxygen atoms in total. The van der Waals surface area contributed by atoms with Crippen LogP contribution in [0.5, 0.6) is 17.4 Å². The summed E-state index contributed by atoms with van der Waals surface area (Å²) in [6, 6.07) is 7.49. The Bertz CT molecular complexity index is 1360. The van der Waals surface area contributed by atoms with Crippen LogP contribution >= 0.6 is 0 Å². The largest absolute Gasteiger partial charge is 0.478 e. The lowest BCUT2D eigenvalue weighted by atomic mass is 9.95. The van der Waals surface area contributed by atoms with Gasteiger partial charge in [-0.05, 0) is 44.0 Å². The van der Waals surface area contributed by atoms with Gasteiger partial charge in [-0.25, -0.2) is 18.4 Å². The number of amides is 1. The molecule has 0 bridgehead atoms. The quantitative estimate of drug-likeness (QED) is 0.539. The van der Waals surface area contributed by atoms with E-state index in [-0.39, 0.29) is 34.7 Å². The number of ether oxygens (including phenoxy) is 2. The zero-order valence-electron chi connectivity index (χ0n) is 18.9. The maximum atomic E-state index is 12.9. The van der Waals surface area contributed by atoms with Crippen molar-refractivity contribution in [2.45, 2.75) is 31.5 Å². The number of rotatable bonds is 6. The Morgan fingerprint density at radius 1 is 1.23 bits per heavy atom. The molecular weight excluding hydrogens is 489 g/mol. The van der Waals surface area contributed by atoms with Crippen molar-refractivity contribution < 1.29 is 35.9 Å². The van der Waals surface area contributed by atoms with Crippen molar-refractivity contribution in [2.75, 3.05) is 18.1 Å². The van der Waals surface area contributed by atoms with Crippen LogP contribution in [0.3, 0.4) is 0 Å². The predicted octanol–water partition coefficient (Wildman–Crippen LogP) is 3.40. The Morgan fingerprint density at radius 3 is 2.63 bits per heavy atom. The van der Waals surface area contributed by atoms with Gasteiger partial charge in [0.1, 0.15) is 15.6 Å². The first-order valence-electron chi connectivity index (χ1n) is 10.7. The van der Waals surface area contributed by atoms with Crippen molar-refractivity contribution in [3.8, 4) is 17.4 Å². The number of nitrogens with one attached hydrogen (secondary N) is 1. The third-order valence-electron chi connectivity index (χ3n) is 5.74. The Morgan fingerprint density at radius 2 is 1.94 bits per heavy atom. The highest BCUT2D eigenvalue weighted by Crippen LogP contribution is 2.32. The Balaban J connectivity index is 1.53. The summed E-state index contributed by atoms with van der Waals surface area (Å²) in [6.07, 6.45) is -2.54. The fourth-order valence-corrected chi connectivity index (χ4v) is 5.45. The summed E-state index contributed by atoms with van der Waals surface area (Å²) in [5.74, 6) is -0.384. The van der Waals surface area contributed by atoms with E-state index in [0.717, 1.165) is 0 Å². The topological polar surface area (TPSA) is 112 Å². The van der Waals surface area contributed by atoms with Crippen LogP contribution in [0.25, 0.3) is 11.0 Å². The van der Waals surface area contributed by atoms with Gasteiger partial charge in [-0.2, -0.15) is 13.2 Å². The van der Waals surface area contributed by atoms with Crippen LogP contribution < -0.4 is 14.8 Å². The van der Waals surface area contributed by atoms with Crippen LogP contribution in [0.15, 0.2) is 36.5 Å². The number of carbonyl (C=O) groups is 1. The molecule has 3 aromatic rings. The molecule has 1 N–H and O–H groups in total. The second-order valence-electron chi connectivity index (χ2n) is 8.62. The molecule has 4 rings (SSSR count). The maximum Gasteiger partial charge on any atom is 0.422 e. The molecule has 1 aliphatic heterocycles. The molecule has 0 radical (unpaired) electrons. The highest BCUT2D eigenvalue weighted by Gasteiger charge is 2.35. The van der Waals surface area contributed by atoms with E-state index in [1.165, 1.54) is 24.4 Å². The first kappa shape index (κ1) is 24.8. The molecule has 0 aliphatic carbocycles. The van der Waals surface area contributed by atoms with E-state index in [2.05, 4.69) is 15.3 Å². The molecule has 35 heavy (non-hydrogen) atoms. The minimum Gasteiger partial charge on any atom is -0.478 e. The highest BCUT2D eigenvalue weighted by atomic mass is 32.2. The van der Waals surface area contributed by atoms with Crippen molar-refractivity contribution >= 4 is 26.8 Å². The number of fused-ring (bicyclic) bond motifs is 1. The number of carbonyl (C=O) groups excluding carboxylic acids is 1. The van der Waals surface area contributed by atoms with Crippen LogP contribution in [0.2, 0.25) is 0 Å². The number of aromatic nitrogens is 3. The van der Waals surface area contributed by atoms with Gasteiger partial charge in [-0.3, -0.25) is 4.79 Å². The number of aryl methyl sites for hydroxylation is 1. The van der Waals surface area contributed by atoms with Crippen LogP contribution in [-0.4, -0.2) is 58.7 Å². The van der Waals surface area contributed by atoms with Gasteiger partial charge in [-0.1, -0.05) is 0 Å². The van der Waals surface area contributed by atoms with Crippen molar-refractivity contribution in [2.24, 2.45) is 7.05 Å². The van der Waals surface area contributed by atoms with Crippen LogP contribution in [0.4, 0.5) is 13.2 Å². The summed E-state index contributed by atoms with van der Waals surface area (Å²) < 4.78 is 73.1. The Kier molecular flexibility index (Phi) is 6.38. The molecule has 1 saturated heterocycles. The average Bonchev–Trinajstić information content (AvgIpc) is 3.11. The number of sulfone groups is 1. The molecule has 0 atom stereocenters. The summed E-state index contributed by atoms with van der Waals surface area (Å²) in [7, 11) is -1.42. The molecule has 0 spiro atoms. The smallest absolute Gasteiger partial charge is 0.422 e. The fraction of sp³-hybridized carbons (Fsp3) is 0.409. The van der Waals surface area contributed by atoms with Gasteiger partial charge in [-0.15, -0.1) is 0 Å². The maximum absolute atomic E-state index is 12.9. The minimum absolute atomic E-state index is 0.00914. The number of pyridine rings is 1. The molecular formula is C22H23F3N4O5S. The van der Waals surface area contributed by atoms with Crippen LogP contribution in [0, 0.1) is 0 Å². The van der Waals surface area contributed by atoms with E-state index in [9.17, 15) is 26.4 Å². The van der Waals surface area contributed by atoms with Gasteiger partial charge < -0.3 is 19.4 Å². The molecule has 2 aromatic heterocycles. The first-order chi connectivity index (χ1) is 16.3. The summed E-state index contributed by atoms with van der Waals surface area (Å²) in [5, 5.41) is 2.90. The molecule has 1 fully saturated rings. The third-order valence-corrected chi connectivity index (χ3v) is 7.39. The average molecular weight is 513 g/mol. The van der Waals surface area contributed by atoms with E-state index in [1.54, 1.807) is 30.7 Å². The lowest BCUT2D eigenvalue weighted by molar-refractivity contribution is -0.153. The second kappa shape index (κ2) is 9.02. The van der Waals surface area contributed by atoms with E-state index in [4.69, 9.17) is 9.47 Å². The normalized spacial score (nSPS) is 17.2. The zero-order valence-corrected chi connectivity index (χ0v) is 19.7. The molecule has 3 heterocycles. The number of hydrogen-bond donors (Lipinski definition) is 1. The van der Waals surface area contributed by atoms with Crippen molar-refractivity contribution in [1.82, 2.24) is 19.9 Å². The SMILES string of the molecule is Cn1c(C(=O)NC2(C)CCS(=O)(=O)CC2)nc2cc(Oc3ncccc3OCC(F)(F)F)ccc21. The summed E-state index contributed by atoms with van der Waals surface area (Å²) in [6.45, 7) is 0.317. The highest BCUT2D eigenvalue weighted by molar-refractivity contribution is 7.91. The number of hydrogen-bond acceptors (Lipinski definition) is 7. The molecule has 1 aromatic carbocycles. The summed E-state index contributed by atoms with van der Waals surface area (Å²) >= 11 is 0.